The van der Waals surface area contributed by atoms with Crippen LogP contribution in [0.4, 0.5) is 0 Å². The van der Waals surface area contributed by atoms with Gasteiger partial charge >= 0.3 is 0 Å². The topological polar surface area (TPSA) is 91.7 Å². The lowest BCUT2D eigenvalue weighted by Gasteiger charge is -2.37. The molecule has 5 heteroatoms. The number of rotatable bonds is 4. The number of hydrogen-bond donors (Lipinski definition) is 2. The van der Waals surface area contributed by atoms with Gasteiger partial charge in [-0.25, -0.2) is 0 Å². The molecule has 25 heavy (non-hydrogen) atoms. The molecule has 0 amide bonds. The lowest BCUT2D eigenvalue weighted by atomic mass is 9.67. The smallest absolute Gasteiger partial charge is 0.162 e. The first-order chi connectivity index (χ1) is 11.4. The molecule has 5 nitrogen and oxygen atoms in total. The van der Waals surface area contributed by atoms with E-state index in [-0.39, 0.29) is 59.3 Å². The Hall–Kier alpha value is -1.91. The summed E-state index contributed by atoms with van der Waals surface area (Å²) in [6.07, 6.45) is 1.46. The van der Waals surface area contributed by atoms with Crippen LogP contribution in [0.1, 0.15) is 66.7 Å². The van der Waals surface area contributed by atoms with Crippen molar-refractivity contribution < 1.29 is 24.6 Å². The Bertz CT molecular complexity index is 639. The third-order valence-corrected chi connectivity index (χ3v) is 5.54. The molecule has 0 fully saturated rings. The second kappa shape index (κ2) is 6.43. The monoisotopic (exact) mass is 348 g/mol. The fourth-order valence-corrected chi connectivity index (χ4v) is 3.71. The summed E-state index contributed by atoms with van der Waals surface area (Å²) in [4.78, 5) is 37.0. The standard InChI is InChI=1S/C20H28O5/c1-11(21)10-12(15-13(22)6-8-19(2,3)17(15)24)16-14(23)7-9-20(4,5)18(16)25/h12,24-25H,6-10H2,1-5H3. The van der Waals surface area contributed by atoms with E-state index >= 15 is 0 Å². The molecule has 0 saturated heterocycles. The Morgan fingerprint density at radius 2 is 1.28 bits per heavy atom. The van der Waals surface area contributed by atoms with Gasteiger partial charge in [0, 0.05) is 47.2 Å². The van der Waals surface area contributed by atoms with Gasteiger partial charge in [0.05, 0.1) is 0 Å². The van der Waals surface area contributed by atoms with Crippen LogP contribution in [0, 0.1) is 16.7 Å². The lowest BCUT2D eigenvalue weighted by Crippen LogP contribution is -2.35. The normalized spacial score (nSPS) is 23.4. The molecule has 0 saturated carbocycles. The molecule has 0 aromatic carbocycles. The number of hydrogen-bond acceptors (Lipinski definition) is 5. The number of aliphatic hydroxyl groups is 2. The minimum absolute atomic E-state index is 0.0634. The fraction of sp³-hybridized carbons (Fsp3) is 0.650. The minimum Gasteiger partial charge on any atom is -0.511 e. The van der Waals surface area contributed by atoms with Crippen LogP contribution in [-0.4, -0.2) is 27.6 Å². The van der Waals surface area contributed by atoms with Crippen molar-refractivity contribution in [3.63, 3.8) is 0 Å². The molecule has 0 aliphatic heterocycles. The average Bonchev–Trinajstić information content (AvgIpc) is 2.48. The predicted molar refractivity (Wildman–Crippen MR) is 94.1 cm³/mol. The van der Waals surface area contributed by atoms with Crippen molar-refractivity contribution in [1.29, 1.82) is 0 Å². The van der Waals surface area contributed by atoms with Gasteiger partial charge in [-0.3, -0.25) is 14.4 Å². The number of allylic oxidation sites excluding steroid dienone is 4. The van der Waals surface area contributed by atoms with Gasteiger partial charge in [-0.1, -0.05) is 27.7 Å². The second-order valence-electron chi connectivity index (χ2n) is 8.60. The molecule has 2 aliphatic carbocycles. The van der Waals surface area contributed by atoms with Crippen LogP contribution in [0.15, 0.2) is 22.7 Å². The second-order valence-corrected chi connectivity index (χ2v) is 8.60. The van der Waals surface area contributed by atoms with Crippen molar-refractivity contribution in [1.82, 2.24) is 0 Å². The highest BCUT2D eigenvalue weighted by Crippen LogP contribution is 2.46. The highest BCUT2D eigenvalue weighted by Gasteiger charge is 2.44. The summed E-state index contributed by atoms with van der Waals surface area (Å²) in [5.74, 6) is -1.70. The Morgan fingerprint density at radius 1 is 0.920 bits per heavy atom. The van der Waals surface area contributed by atoms with E-state index in [1.165, 1.54) is 6.92 Å². The van der Waals surface area contributed by atoms with Gasteiger partial charge in [0.15, 0.2) is 11.6 Å². The maximum Gasteiger partial charge on any atom is 0.162 e. The predicted octanol–water partition coefficient (Wildman–Crippen LogP) is 3.98. The summed E-state index contributed by atoms with van der Waals surface area (Å²) in [6.45, 7) is 8.72. The number of ketones is 3. The lowest BCUT2D eigenvalue weighted by molar-refractivity contribution is -0.119. The van der Waals surface area contributed by atoms with Crippen LogP contribution in [0.3, 0.4) is 0 Å². The van der Waals surface area contributed by atoms with Gasteiger partial charge in [0.2, 0.25) is 0 Å². The Kier molecular flexibility index (Phi) is 4.99. The maximum absolute atomic E-state index is 12.6. The van der Waals surface area contributed by atoms with Crippen molar-refractivity contribution in [2.24, 2.45) is 16.7 Å². The Morgan fingerprint density at radius 3 is 1.60 bits per heavy atom. The van der Waals surface area contributed by atoms with Crippen LogP contribution in [-0.2, 0) is 14.4 Å². The molecule has 0 aromatic rings. The van der Waals surface area contributed by atoms with Crippen molar-refractivity contribution in [3.05, 3.63) is 22.7 Å². The molecule has 2 rings (SSSR count). The van der Waals surface area contributed by atoms with Crippen LogP contribution in [0.25, 0.3) is 0 Å². The maximum atomic E-state index is 12.6. The third-order valence-electron chi connectivity index (χ3n) is 5.54. The van der Waals surface area contributed by atoms with E-state index in [0.717, 1.165) is 0 Å². The molecule has 2 N–H and O–H groups in total. The molecule has 0 spiro atoms. The SMILES string of the molecule is CC(=O)CC(C1=C(O)C(C)(C)CCC1=O)C1=C(O)C(C)(C)CCC1=O. The minimum atomic E-state index is -0.878. The zero-order chi connectivity index (χ0) is 19.2. The van der Waals surface area contributed by atoms with Gasteiger partial charge in [0.25, 0.3) is 0 Å². The van der Waals surface area contributed by atoms with Crippen LogP contribution in [0.2, 0.25) is 0 Å². The van der Waals surface area contributed by atoms with E-state index in [2.05, 4.69) is 0 Å². The molecule has 0 bridgehead atoms. The zero-order valence-electron chi connectivity index (χ0n) is 15.7. The number of carbonyl (C=O) groups is 3. The third kappa shape index (κ3) is 3.55. The van der Waals surface area contributed by atoms with E-state index in [9.17, 15) is 24.6 Å². The molecule has 0 unspecified atom stereocenters. The first kappa shape index (κ1) is 19.4. The summed E-state index contributed by atoms with van der Waals surface area (Å²) in [7, 11) is 0. The molecule has 2 aliphatic rings. The zero-order valence-corrected chi connectivity index (χ0v) is 15.7. The van der Waals surface area contributed by atoms with E-state index in [1.807, 2.05) is 27.7 Å². The van der Waals surface area contributed by atoms with Crippen LogP contribution in [0.5, 0.6) is 0 Å². The van der Waals surface area contributed by atoms with Crippen LogP contribution >= 0.6 is 0 Å². The number of carbonyl (C=O) groups excluding carboxylic acids is 3. The number of Topliss-reactive ketones (excluding diaryl/α,β-unsaturated/α-hetero) is 3. The van der Waals surface area contributed by atoms with Gasteiger partial charge < -0.3 is 10.2 Å². The van der Waals surface area contributed by atoms with E-state index in [4.69, 9.17) is 0 Å². The summed E-state index contributed by atoms with van der Waals surface area (Å²) in [6, 6.07) is 0. The summed E-state index contributed by atoms with van der Waals surface area (Å²) in [5, 5.41) is 21.4. The quantitative estimate of drug-likeness (QED) is 0.801. The Balaban J connectivity index is 2.70. The molecule has 138 valence electrons. The molecule has 0 atom stereocenters. The highest BCUT2D eigenvalue weighted by molar-refractivity contribution is 6.04. The summed E-state index contributed by atoms with van der Waals surface area (Å²) in [5.41, 5.74) is -0.943. The summed E-state index contributed by atoms with van der Waals surface area (Å²) < 4.78 is 0. The number of aliphatic hydroxyl groups excluding tert-OH is 2. The van der Waals surface area contributed by atoms with Crippen LogP contribution < -0.4 is 0 Å². The van der Waals surface area contributed by atoms with E-state index < -0.39 is 16.7 Å². The first-order valence-electron chi connectivity index (χ1n) is 8.81. The van der Waals surface area contributed by atoms with Crippen molar-refractivity contribution in [2.45, 2.75) is 66.7 Å². The van der Waals surface area contributed by atoms with Gasteiger partial charge in [-0.15, -0.1) is 0 Å². The molecule has 0 heterocycles. The van der Waals surface area contributed by atoms with E-state index in [0.29, 0.717) is 12.8 Å². The van der Waals surface area contributed by atoms with Crippen molar-refractivity contribution in [3.8, 4) is 0 Å². The van der Waals surface area contributed by atoms with E-state index in [1.54, 1.807) is 0 Å². The van der Waals surface area contributed by atoms with Crippen molar-refractivity contribution in [2.75, 3.05) is 0 Å². The molecular formula is C20H28O5. The highest BCUT2D eigenvalue weighted by atomic mass is 16.3. The molecule has 0 aromatic heterocycles. The molecular weight excluding hydrogens is 320 g/mol. The summed E-state index contributed by atoms with van der Waals surface area (Å²) >= 11 is 0. The average molecular weight is 348 g/mol. The van der Waals surface area contributed by atoms with Gasteiger partial charge in [-0.2, -0.15) is 0 Å². The largest absolute Gasteiger partial charge is 0.511 e. The first-order valence-corrected chi connectivity index (χ1v) is 8.81. The van der Waals surface area contributed by atoms with Gasteiger partial charge in [-0.05, 0) is 19.8 Å². The molecule has 0 radical (unpaired) electrons. The van der Waals surface area contributed by atoms with Gasteiger partial charge in [0.1, 0.15) is 17.3 Å². The fourth-order valence-electron chi connectivity index (χ4n) is 3.71. The Labute approximate surface area is 148 Å². The van der Waals surface area contributed by atoms with Crippen molar-refractivity contribution >= 4 is 17.3 Å².